The Morgan fingerprint density at radius 2 is 1.73 bits per heavy atom. The van der Waals surface area contributed by atoms with Crippen molar-refractivity contribution < 1.29 is 16.8 Å². The minimum absolute atomic E-state index is 0.117. The summed E-state index contributed by atoms with van der Waals surface area (Å²) >= 11 is 0. The second kappa shape index (κ2) is 6.66. The third-order valence-corrected chi connectivity index (χ3v) is 6.95. The zero-order chi connectivity index (χ0) is 16.4. The van der Waals surface area contributed by atoms with Gasteiger partial charge in [0.15, 0.2) is 9.84 Å². The number of sulfone groups is 1. The molecule has 6 nitrogen and oxygen atoms in total. The van der Waals surface area contributed by atoms with Crippen LogP contribution in [-0.2, 0) is 19.9 Å². The molecule has 1 aliphatic rings. The average molecular weight is 346 g/mol. The molecule has 0 bridgehead atoms. The van der Waals surface area contributed by atoms with Gasteiger partial charge in [-0.15, -0.1) is 0 Å². The van der Waals surface area contributed by atoms with E-state index in [1.54, 1.807) is 0 Å². The zero-order valence-corrected chi connectivity index (χ0v) is 14.2. The Balaban J connectivity index is 2.23. The highest BCUT2D eigenvalue weighted by Gasteiger charge is 2.30. The maximum absolute atomic E-state index is 12.6. The molecular formula is C14H22N2O4S2. The summed E-state index contributed by atoms with van der Waals surface area (Å²) in [7, 11) is -6.91. The van der Waals surface area contributed by atoms with Gasteiger partial charge in [-0.1, -0.05) is 0 Å². The van der Waals surface area contributed by atoms with E-state index in [2.05, 4.69) is 0 Å². The maximum atomic E-state index is 12.6. The zero-order valence-electron chi connectivity index (χ0n) is 12.6. The number of hydrogen-bond donors (Lipinski definition) is 1. The largest absolute Gasteiger partial charge is 0.330 e. The van der Waals surface area contributed by atoms with Crippen molar-refractivity contribution in [3.05, 3.63) is 24.3 Å². The summed E-state index contributed by atoms with van der Waals surface area (Å²) in [5.74, 6) is 0.295. The van der Waals surface area contributed by atoms with Gasteiger partial charge in [-0.2, -0.15) is 4.31 Å². The molecule has 1 aromatic rings. The summed E-state index contributed by atoms with van der Waals surface area (Å²) in [4.78, 5) is 0.249. The fourth-order valence-electron chi connectivity index (χ4n) is 2.72. The summed E-state index contributed by atoms with van der Waals surface area (Å²) in [5.41, 5.74) is 5.56. The summed E-state index contributed by atoms with van der Waals surface area (Å²) in [5, 5.41) is 0. The molecule has 1 aromatic carbocycles. The highest BCUT2D eigenvalue weighted by atomic mass is 32.2. The Bertz CT molecular complexity index is 710. The molecule has 0 saturated carbocycles. The van der Waals surface area contributed by atoms with Gasteiger partial charge >= 0.3 is 0 Å². The number of benzene rings is 1. The van der Waals surface area contributed by atoms with Gasteiger partial charge in [0.05, 0.1) is 9.79 Å². The lowest BCUT2D eigenvalue weighted by molar-refractivity contribution is 0.258. The molecule has 1 saturated heterocycles. The van der Waals surface area contributed by atoms with Gasteiger partial charge in [0.25, 0.3) is 0 Å². The molecule has 0 spiro atoms. The van der Waals surface area contributed by atoms with Crippen LogP contribution in [0.2, 0.25) is 0 Å². The smallest absolute Gasteiger partial charge is 0.243 e. The molecule has 0 aliphatic carbocycles. The van der Waals surface area contributed by atoms with Crippen molar-refractivity contribution in [3.63, 3.8) is 0 Å². The molecule has 0 amide bonds. The van der Waals surface area contributed by atoms with Crippen LogP contribution in [-0.4, -0.2) is 47.0 Å². The first-order valence-electron chi connectivity index (χ1n) is 7.25. The number of piperidine rings is 1. The topological polar surface area (TPSA) is 97.5 Å². The van der Waals surface area contributed by atoms with Crippen LogP contribution in [0, 0.1) is 5.92 Å². The molecule has 124 valence electrons. The number of rotatable bonds is 5. The molecule has 8 heteroatoms. The monoisotopic (exact) mass is 346 g/mol. The molecule has 2 N–H and O–H groups in total. The predicted molar refractivity (Wildman–Crippen MR) is 84.7 cm³/mol. The normalized spacial score (nSPS) is 20.9. The number of hydrogen-bond acceptors (Lipinski definition) is 5. The Morgan fingerprint density at radius 1 is 1.14 bits per heavy atom. The lowest BCUT2D eigenvalue weighted by Gasteiger charge is -2.31. The highest BCUT2D eigenvalue weighted by Crippen LogP contribution is 2.25. The van der Waals surface area contributed by atoms with Crippen molar-refractivity contribution >= 4 is 19.9 Å². The molecule has 1 aliphatic heterocycles. The summed E-state index contributed by atoms with van der Waals surface area (Å²) in [6.07, 6.45) is 3.74. The van der Waals surface area contributed by atoms with Gasteiger partial charge < -0.3 is 5.73 Å². The van der Waals surface area contributed by atoms with E-state index in [0.29, 0.717) is 25.6 Å². The van der Waals surface area contributed by atoms with E-state index in [9.17, 15) is 16.8 Å². The first-order chi connectivity index (χ1) is 10.2. The summed E-state index contributed by atoms with van der Waals surface area (Å²) in [6.45, 7) is 1.53. The molecule has 1 heterocycles. The van der Waals surface area contributed by atoms with Crippen LogP contribution in [0.15, 0.2) is 34.1 Å². The minimum atomic E-state index is -3.58. The van der Waals surface area contributed by atoms with E-state index in [-0.39, 0.29) is 9.79 Å². The van der Waals surface area contributed by atoms with Crippen molar-refractivity contribution in [1.82, 2.24) is 4.31 Å². The van der Waals surface area contributed by atoms with Crippen LogP contribution in [0.5, 0.6) is 0 Å². The molecule has 1 fully saturated rings. The third kappa shape index (κ3) is 3.87. The highest BCUT2D eigenvalue weighted by molar-refractivity contribution is 7.90. The number of sulfonamides is 1. The van der Waals surface area contributed by atoms with Gasteiger partial charge in [0.1, 0.15) is 0 Å². The van der Waals surface area contributed by atoms with Crippen LogP contribution in [0.1, 0.15) is 19.3 Å². The molecular weight excluding hydrogens is 324 g/mol. The van der Waals surface area contributed by atoms with Gasteiger partial charge in [-0.3, -0.25) is 0 Å². The predicted octanol–water partition coefficient (Wildman–Crippen LogP) is 0.840. The molecule has 1 unspecified atom stereocenters. The van der Waals surface area contributed by atoms with E-state index in [1.165, 1.54) is 28.6 Å². The SMILES string of the molecule is CS(=O)(=O)c1ccc(S(=O)(=O)N2CCCC(CCN)C2)cc1. The number of nitrogens with two attached hydrogens (primary N) is 1. The second-order valence-electron chi connectivity index (χ2n) is 5.69. The second-order valence-corrected chi connectivity index (χ2v) is 9.65. The lowest BCUT2D eigenvalue weighted by Crippen LogP contribution is -2.40. The van der Waals surface area contributed by atoms with Crippen molar-refractivity contribution in [2.75, 3.05) is 25.9 Å². The lowest BCUT2D eigenvalue weighted by atomic mass is 9.96. The quantitative estimate of drug-likeness (QED) is 0.852. The van der Waals surface area contributed by atoms with Crippen molar-refractivity contribution in [2.24, 2.45) is 11.7 Å². The molecule has 2 rings (SSSR count). The van der Waals surface area contributed by atoms with E-state index in [0.717, 1.165) is 25.5 Å². The van der Waals surface area contributed by atoms with Crippen molar-refractivity contribution in [1.29, 1.82) is 0 Å². The maximum Gasteiger partial charge on any atom is 0.243 e. The summed E-state index contributed by atoms with van der Waals surface area (Å²) in [6, 6.07) is 5.39. The molecule has 22 heavy (non-hydrogen) atoms. The van der Waals surface area contributed by atoms with Crippen LogP contribution in [0.4, 0.5) is 0 Å². The Hall–Kier alpha value is -0.960. The van der Waals surface area contributed by atoms with Gasteiger partial charge in [-0.05, 0) is 56.0 Å². The fourth-order valence-corrected chi connectivity index (χ4v) is 4.91. The average Bonchev–Trinajstić information content (AvgIpc) is 2.47. The molecule has 0 aromatic heterocycles. The van der Waals surface area contributed by atoms with Crippen LogP contribution >= 0.6 is 0 Å². The van der Waals surface area contributed by atoms with Crippen LogP contribution in [0.25, 0.3) is 0 Å². The van der Waals surface area contributed by atoms with E-state index < -0.39 is 19.9 Å². The minimum Gasteiger partial charge on any atom is -0.330 e. The van der Waals surface area contributed by atoms with Crippen molar-refractivity contribution in [3.8, 4) is 0 Å². The van der Waals surface area contributed by atoms with Gasteiger partial charge in [0.2, 0.25) is 10.0 Å². The third-order valence-electron chi connectivity index (χ3n) is 3.95. The van der Waals surface area contributed by atoms with Gasteiger partial charge in [-0.25, -0.2) is 16.8 Å². The fraction of sp³-hybridized carbons (Fsp3) is 0.571. The van der Waals surface area contributed by atoms with E-state index in [1.807, 2.05) is 0 Å². The molecule has 0 radical (unpaired) electrons. The summed E-state index contributed by atoms with van der Waals surface area (Å²) < 4.78 is 49.6. The Labute approximate surface area is 132 Å². The van der Waals surface area contributed by atoms with Crippen molar-refractivity contribution in [2.45, 2.75) is 29.1 Å². The number of nitrogens with zero attached hydrogens (tertiary/aromatic N) is 1. The Kier molecular flexibility index (Phi) is 5.26. The first kappa shape index (κ1) is 17.4. The van der Waals surface area contributed by atoms with E-state index in [4.69, 9.17) is 5.73 Å². The molecule has 1 atom stereocenters. The Morgan fingerprint density at radius 3 is 2.27 bits per heavy atom. The standard InChI is InChI=1S/C14H22N2O4S2/c1-21(17,18)13-4-6-14(7-5-13)22(19,20)16-10-2-3-12(11-16)8-9-15/h4-7,12H,2-3,8-11,15H2,1H3. The van der Waals surface area contributed by atoms with Crippen LogP contribution < -0.4 is 5.73 Å². The first-order valence-corrected chi connectivity index (χ1v) is 10.6. The van der Waals surface area contributed by atoms with Crippen LogP contribution in [0.3, 0.4) is 0 Å². The van der Waals surface area contributed by atoms with E-state index >= 15 is 0 Å². The van der Waals surface area contributed by atoms with Gasteiger partial charge in [0, 0.05) is 19.3 Å².